The first-order valence-electron chi connectivity index (χ1n) is 9.24. The molecule has 0 aliphatic heterocycles. The molecule has 0 bridgehead atoms. The molecule has 0 aromatic heterocycles. The van der Waals surface area contributed by atoms with Gasteiger partial charge in [-0.2, -0.15) is 0 Å². The Morgan fingerprint density at radius 2 is 1.88 bits per heavy atom. The zero-order chi connectivity index (χ0) is 18.2. The van der Waals surface area contributed by atoms with Crippen LogP contribution in [0.1, 0.15) is 37.7 Å². The first kappa shape index (κ1) is 18.6. The Morgan fingerprint density at radius 3 is 2.58 bits per heavy atom. The van der Waals surface area contributed by atoms with E-state index >= 15 is 0 Å². The van der Waals surface area contributed by atoms with Crippen LogP contribution in [0.5, 0.6) is 5.75 Å². The van der Waals surface area contributed by atoms with Crippen LogP contribution in [-0.2, 0) is 0 Å². The zero-order valence-electron chi connectivity index (χ0n) is 15.3. The van der Waals surface area contributed by atoms with Gasteiger partial charge < -0.3 is 20.2 Å². The lowest BCUT2D eigenvalue weighted by Crippen LogP contribution is -2.17. The van der Waals surface area contributed by atoms with Gasteiger partial charge in [-0.3, -0.25) is 0 Å². The Morgan fingerprint density at radius 1 is 1.12 bits per heavy atom. The van der Waals surface area contributed by atoms with Gasteiger partial charge in [0.1, 0.15) is 5.75 Å². The third-order valence-electron chi connectivity index (χ3n) is 4.86. The van der Waals surface area contributed by atoms with E-state index in [4.69, 9.17) is 10.1 Å². The van der Waals surface area contributed by atoms with Crippen LogP contribution < -0.4 is 14.8 Å². The Bertz CT molecular complexity index is 715. The number of benzene rings is 2. The number of rotatable bonds is 8. The lowest BCUT2D eigenvalue weighted by molar-refractivity contribution is 0.373. The molecule has 1 aliphatic rings. The van der Waals surface area contributed by atoms with E-state index in [0.29, 0.717) is 0 Å². The van der Waals surface area contributed by atoms with Crippen LogP contribution in [0.15, 0.2) is 47.4 Å². The molecule has 3 rings (SSSR count). The molecule has 4 nitrogen and oxygen atoms in total. The zero-order valence-corrected chi connectivity index (χ0v) is 16.1. The minimum Gasteiger partial charge on any atom is -0.494 e. The maximum absolute atomic E-state index is 7.79. The molecule has 0 saturated heterocycles. The molecule has 2 aromatic carbocycles. The minimum absolute atomic E-state index is 0.736. The quantitative estimate of drug-likeness (QED) is 0.406. The van der Waals surface area contributed by atoms with E-state index in [1.54, 1.807) is 7.11 Å². The van der Waals surface area contributed by atoms with Crippen LogP contribution in [0.25, 0.3) is 0 Å². The third-order valence-corrected chi connectivity index (χ3v) is 5.68. The normalized spacial score (nSPS) is 14.7. The van der Waals surface area contributed by atoms with Gasteiger partial charge in [-0.1, -0.05) is 37.5 Å². The van der Waals surface area contributed by atoms with E-state index in [1.165, 1.54) is 50.3 Å². The first-order valence-corrected chi connectivity index (χ1v) is 10.1. The summed E-state index contributed by atoms with van der Waals surface area (Å²) in [5, 5.41) is 11.3. The summed E-state index contributed by atoms with van der Waals surface area (Å²) >= 11 is 1.54. The predicted molar refractivity (Wildman–Crippen MR) is 112 cm³/mol. The van der Waals surface area contributed by atoms with Crippen molar-refractivity contribution in [1.82, 2.24) is 0 Å². The summed E-state index contributed by atoms with van der Waals surface area (Å²) in [6.07, 6.45) is 8.06. The summed E-state index contributed by atoms with van der Waals surface area (Å²) in [5.74, 6) is 1.52. The van der Waals surface area contributed by atoms with Crippen LogP contribution >= 0.6 is 11.9 Å². The van der Waals surface area contributed by atoms with Gasteiger partial charge in [0.05, 0.1) is 12.8 Å². The lowest BCUT2D eigenvalue weighted by atomic mass is 9.89. The van der Waals surface area contributed by atoms with Crippen molar-refractivity contribution in [1.29, 1.82) is 5.41 Å². The average molecular weight is 370 g/mol. The molecule has 26 heavy (non-hydrogen) atoms. The fourth-order valence-electron chi connectivity index (χ4n) is 3.37. The average Bonchev–Trinajstić information content (AvgIpc) is 2.72. The minimum atomic E-state index is 0.736. The molecule has 2 aromatic rings. The summed E-state index contributed by atoms with van der Waals surface area (Å²) in [4.78, 5) is 1.13. The van der Waals surface area contributed by atoms with E-state index in [0.717, 1.165) is 40.0 Å². The van der Waals surface area contributed by atoms with Crippen molar-refractivity contribution in [3.8, 4) is 5.75 Å². The Labute approximate surface area is 160 Å². The maximum atomic E-state index is 7.79. The maximum Gasteiger partial charge on any atom is 0.144 e. The predicted octanol–water partition coefficient (Wildman–Crippen LogP) is 5.80. The first-order chi connectivity index (χ1) is 12.8. The number of nitrogens with one attached hydrogen (secondary N) is 3. The smallest absolute Gasteiger partial charge is 0.144 e. The number of anilines is 2. The van der Waals surface area contributed by atoms with Crippen molar-refractivity contribution in [3.05, 3.63) is 48.0 Å². The monoisotopic (exact) mass is 369 g/mol. The van der Waals surface area contributed by atoms with Gasteiger partial charge in [-0.15, -0.1) is 0 Å². The highest BCUT2D eigenvalue weighted by atomic mass is 32.2. The summed E-state index contributed by atoms with van der Waals surface area (Å²) in [7, 11) is 1.68. The molecular formula is C21H27N3OS. The van der Waals surface area contributed by atoms with Crippen LogP contribution in [0.3, 0.4) is 0 Å². The molecule has 3 N–H and O–H groups in total. The van der Waals surface area contributed by atoms with Gasteiger partial charge in [0.15, 0.2) is 0 Å². The molecule has 138 valence electrons. The van der Waals surface area contributed by atoms with Crippen LogP contribution in [0.4, 0.5) is 11.4 Å². The largest absolute Gasteiger partial charge is 0.494 e. The molecule has 5 heteroatoms. The van der Waals surface area contributed by atoms with E-state index in [-0.39, 0.29) is 0 Å². The molecule has 0 atom stereocenters. The Hall–Kier alpha value is -2.14. The van der Waals surface area contributed by atoms with Crippen LogP contribution in [0.2, 0.25) is 0 Å². The topological polar surface area (TPSA) is 57.1 Å². The van der Waals surface area contributed by atoms with Crippen molar-refractivity contribution in [3.63, 3.8) is 0 Å². The summed E-state index contributed by atoms with van der Waals surface area (Å²) in [6, 6.07) is 14.1. The van der Waals surface area contributed by atoms with E-state index in [9.17, 15) is 0 Å². The highest BCUT2D eigenvalue weighted by Crippen LogP contribution is 2.34. The van der Waals surface area contributed by atoms with Crippen molar-refractivity contribution in [2.24, 2.45) is 5.92 Å². The Balaban J connectivity index is 1.71. The van der Waals surface area contributed by atoms with Crippen LogP contribution in [0, 0.1) is 11.3 Å². The number of methoxy groups -OCH3 is 1. The van der Waals surface area contributed by atoms with Crippen molar-refractivity contribution < 1.29 is 4.74 Å². The molecule has 1 fully saturated rings. The summed E-state index contributed by atoms with van der Waals surface area (Å²) in [5.41, 5.74) is 2.72. The summed E-state index contributed by atoms with van der Waals surface area (Å²) in [6.45, 7) is 0.968. The molecular weight excluding hydrogens is 342 g/mol. The van der Waals surface area contributed by atoms with Gasteiger partial charge in [-0.05, 0) is 48.9 Å². The van der Waals surface area contributed by atoms with Gasteiger partial charge >= 0.3 is 0 Å². The second kappa shape index (κ2) is 9.53. The third kappa shape index (κ3) is 4.94. The molecule has 0 heterocycles. The second-order valence-electron chi connectivity index (χ2n) is 6.69. The van der Waals surface area contributed by atoms with Crippen molar-refractivity contribution in [2.75, 3.05) is 23.7 Å². The number of hydrogen-bond donors (Lipinski definition) is 3. The molecule has 1 aliphatic carbocycles. The van der Waals surface area contributed by atoms with Gasteiger partial charge in [0.25, 0.3) is 0 Å². The summed E-state index contributed by atoms with van der Waals surface area (Å²) < 4.78 is 8.92. The van der Waals surface area contributed by atoms with Crippen LogP contribution in [-0.4, -0.2) is 19.9 Å². The SMILES string of the molecule is COc1cc(NCC2CCCCC2)c(C=N)cc1NSc1ccccc1. The second-order valence-corrected chi connectivity index (χ2v) is 7.57. The van der Waals surface area contributed by atoms with E-state index in [1.807, 2.05) is 30.3 Å². The van der Waals surface area contributed by atoms with Gasteiger partial charge in [0.2, 0.25) is 0 Å². The Kier molecular flexibility index (Phi) is 6.83. The van der Waals surface area contributed by atoms with E-state index < -0.39 is 0 Å². The lowest BCUT2D eigenvalue weighted by Gasteiger charge is -2.23. The van der Waals surface area contributed by atoms with Crippen molar-refractivity contribution >= 4 is 29.5 Å². The highest BCUT2D eigenvalue weighted by molar-refractivity contribution is 8.00. The van der Waals surface area contributed by atoms with Gasteiger partial charge in [-0.25, -0.2) is 0 Å². The fourth-order valence-corrected chi connectivity index (χ4v) is 4.05. The van der Waals surface area contributed by atoms with E-state index in [2.05, 4.69) is 22.2 Å². The molecule has 0 amide bonds. The standard InChI is InChI=1S/C21H27N3OS/c1-25-21-13-19(23-15-16-8-4-2-5-9-16)17(14-22)12-20(21)24-26-18-10-6-3-7-11-18/h3,6-7,10-14,16,22-24H,2,4-5,8-9,15H2,1H3. The molecule has 1 saturated carbocycles. The number of ether oxygens (including phenoxy) is 1. The molecule has 0 radical (unpaired) electrons. The highest BCUT2D eigenvalue weighted by Gasteiger charge is 2.15. The fraction of sp³-hybridized carbons (Fsp3) is 0.381. The number of hydrogen-bond acceptors (Lipinski definition) is 5. The molecule has 0 spiro atoms. The van der Waals surface area contributed by atoms with Gasteiger partial charge in [0, 0.05) is 35.0 Å². The molecule has 0 unspecified atom stereocenters. The van der Waals surface area contributed by atoms with Crippen molar-refractivity contribution in [2.45, 2.75) is 37.0 Å².